The first-order valence-electron chi connectivity index (χ1n) is 3.39. The van der Waals surface area contributed by atoms with E-state index in [0.717, 1.165) is 11.3 Å². The molecular weight excluding hydrogens is 181 g/mol. The van der Waals surface area contributed by atoms with E-state index in [1.807, 2.05) is 19.1 Å². The lowest BCUT2D eigenvalue weighted by Gasteiger charge is -2.01. The maximum absolute atomic E-state index is 5.83. The first kappa shape index (κ1) is 8.82. The fourth-order valence-corrected chi connectivity index (χ4v) is 1.04. The van der Waals surface area contributed by atoms with E-state index in [4.69, 9.17) is 23.2 Å². The molecule has 1 unspecified atom stereocenters. The number of aromatic nitrogens is 1. The molecule has 0 radical (unpaired) electrons. The Morgan fingerprint density at radius 2 is 2.27 bits per heavy atom. The minimum absolute atomic E-state index is 0.0203. The Morgan fingerprint density at radius 1 is 1.55 bits per heavy atom. The van der Waals surface area contributed by atoms with E-state index in [-0.39, 0.29) is 5.38 Å². The minimum Gasteiger partial charge on any atom is -0.260 e. The van der Waals surface area contributed by atoms with Crippen LogP contribution in [0.3, 0.4) is 0 Å². The van der Waals surface area contributed by atoms with E-state index in [0.29, 0.717) is 5.88 Å². The Kier molecular flexibility index (Phi) is 3.16. The van der Waals surface area contributed by atoms with Crippen molar-refractivity contribution >= 4 is 23.2 Å². The van der Waals surface area contributed by atoms with Gasteiger partial charge in [-0.3, -0.25) is 4.98 Å². The van der Waals surface area contributed by atoms with Crippen molar-refractivity contribution < 1.29 is 0 Å². The van der Waals surface area contributed by atoms with Crippen LogP contribution < -0.4 is 0 Å². The zero-order chi connectivity index (χ0) is 8.27. The lowest BCUT2D eigenvalue weighted by atomic mass is 10.2. The summed E-state index contributed by atoms with van der Waals surface area (Å²) in [4.78, 5) is 4.10. The Morgan fingerprint density at radius 3 is 2.64 bits per heavy atom. The quantitative estimate of drug-likeness (QED) is 0.653. The molecule has 0 spiro atoms. The van der Waals surface area contributed by atoms with Crippen LogP contribution in [0.5, 0.6) is 0 Å². The van der Waals surface area contributed by atoms with E-state index >= 15 is 0 Å². The van der Waals surface area contributed by atoms with Crippen LogP contribution >= 0.6 is 23.2 Å². The molecule has 0 bridgehead atoms. The monoisotopic (exact) mass is 189 g/mol. The van der Waals surface area contributed by atoms with E-state index in [1.54, 1.807) is 6.20 Å². The normalized spacial score (nSPS) is 13.0. The fraction of sp³-hybridized carbons (Fsp3) is 0.375. The number of pyridine rings is 1. The van der Waals surface area contributed by atoms with Gasteiger partial charge in [-0.25, -0.2) is 0 Å². The molecule has 3 heteroatoms. The van der Waals surface area contributed by atoms with Gasteiger partial charge >= 0.3 is 0 Å². The van der Waals surface area contributed by atoms with E-state index < -0.39 is 0 Å². The summed E-state index contributed by atoms with van der Waals surface area (Å²) in [6, 6.07) is 3.84. The van der Waals surface area contributed by atoms with Crippen molar-refractivity contribution in [2.24, 2.45) is 0 Å². The van der Waals surface area contributed by atoms with Crippen molar-refractivity contribution in [3.8, 4) is 0 Å². The standard InChI is InChI=1S/C8H9Cl2N/c1-6(10)7-2-3-8(4-9)11-5-7/h2-3,5-6H,4H2,1H3. The molecule has 1 aromatic rings. The Hall–Kier alpha value is -0.270. The van der Waals surface area contributed by atoms with Gasteiger partial charge in [0.25, 0.3) is 0 Å². The second kappa shape index (κ2) is 3.93. The van der Waals surface area contributed by atoms with Crippen molar-refractivity contribution in [2.45, 2.75) is 18.2 Å². The zero-order valence-electron chi connectivity index (χ0n) is 6.22. The van der Waals surface area contributed by atoms with Crippen LogP contribution in [0.1, 0.15) is 23.6 Å². The van der Waals surface area contributed by atoms with Gasteiger partial charge in [-0.2, -0.15) is 0 Å². The summed E-state index contributed by atoms with van der Waals surface area (Å²) < 4.78 is 0. The van der Waals surface area contributed by atoms with Crippen molar-refractivity contribution in [2.75, 3.05) is 0 Å². The molecule has 0 saturated carbocycles. The predicted molar refractivity (Wildman–Crippen MR) is 48.1 cm³/mol. The summed E-state index contributed by atoms with van der Waals surface area (Å²) in [6.45, 7) is 1.92. The first-order chi connectivity index (χ1) is 5.24. The van der Waals surface area contributed by atoms with Gasteiger partial charge in [0.1, 0.15) is 0 Å². The lowest BCUT2D eigenvalue weighted by Crippen LogP contribution is -1.89. The van der Waals surface area contributed by atoms with Crippen molar-refractivity contribution in [1.82, 2.24) is 4.98 Å². The van der Waals surface area contributed by atoms with Crippen LogP contribution in [-0.2, 0) is 5.88 Å². The van der Waals surface area contributed by atoms with Crippen molar-refractivity contribution in [3.63, 3.8) is 0 Å². The number of rotatable bonds is 2. The van der Waals surface area contributed by atoms with Gasteiger partial charge in [0.15, 0.2) is 0 Å². The van der Waals surface area contributed by atoms with Crippen LogP contribution in [0.4, 0.5) is 0 Å². The topological polar surface area (TPSA) is 12.9 Å². The lowest BCUT2D eigenvalue weighted by molar-refractivity contribution is 1.03. The molecule has 60 valence electrons. The third-order valence-electron chi connectivity index (χ3n) is 1.44. The number of nitrogens with zero attached hydrogens (tertiary/aromatic N) is 1. The Labute approximate surface area is 76.4 Å². The van der Waals surface area contributed by atoms with Crippen LogP contribution in [0.15, 0.2) is 18.3 Å². The van der Waals surface area contributed by atoms with Gasteiger partial charge in [0.2, 0.25) is 0 Å². The molecule has 11 heavy (non-hydrogen) atoms. The van der Waals surface area contributed by atoms with E-state index in [9.17, 15) is 0 Å². The highest BCUT2D eigenvalue weighted by Gasteiger charge is 2.00. The maximum atomic E-state index is 5.83. The third kappa shape index (κ3) is 2.35. The SMILES string of the molecule is CC(Cl)c1ccc(CCl)nc1. The molecule has 0 N–H and O–H groups in total. The van der Waals surface area contributed by atoms with Crippen LogP contribution in [-0.4, -0.2) is 4.98 Å². The molecule has 1 heterocycles. The molecule has 0 aliphatic rings. The molecule has 0 aliphatic heterocycles. The van der Waals surface area contributed by atoms with Gasteiger partial charge in [-0.05, 0) is 18.6 Å². The van der Waals surface area contributed by atoms with Gasteiger partial charge in [-0.1, -0.05) is 6.07 Å². The molecule has 1 rings (SSSR count). The minimum atomic E-state index is 0.0203. The third-order valence-corrected chi connectivity index (χ3v) is 1.97. The van der Waals surface area contributed by atoms with Gasteiger partial charge in [0, 0.05) is 6.20 Å². The number of hydrogen-bond acceptors (Lipinski definition) is 1. The molecular formula is C8H9Cl2N. The van der Waals surface area contributed by atoms with Crippen LogP contribution in [0.25, 0.3) is 0 Å². The summed E-state index contributed by atoms with van der Waals surface area (Å²) in [7, 11) is 0. The molecule has 0 amide bonds. The smallest absolute Gasteiger partial charge is 0.0647 e. The fourth-order valence-electron chi connectivity index (χ4n) is 0.750. The summed E-state index contributed by atoms with van der Waals surface area (Å²) in [5.74, 6) is 0.455. The number of hydrogen-bond donors (Lipinski definition) is 0. The molecule has 1 nitrogen and oxygen atoms in total. The second-order valence-electron chi connectivity index (χ2n) is 2.33. The largest absolute Gasteiger partial charge is 0.260 e. The van der Waals surface area contributed by atoms with Crippen LogP contribution in [0.2, 0.25) is 0 Å². The van der Waals surface area contributed by atoms with E-state index in [2.05, 4.69) is 4.98 Å². The Bertz CT molecular complexity index is 218. The highest BCUT2D eigenvalue weighted by Crippen LogP contribution is 2.18. The maximum Gasteiger partial charge on any atom is 0.0647 e. The van der Waals surface area contributed by atoms with Gasteiger partial charge in [-0.15, -0.1) is 23.2 Å². The first-order valence-corrected chi connectivity index (χ1v) is 4.36. The predicted octanol–water partition coefficient (Wildman–Crippen LogP) is 3.12. The summed E-state index contributed by atoms with van der Waals surface area (Å²) in [6.07, 6.45) is 1.76. The molecule has 0 aromatic carbocycles. The highest BCUT2D eigenvalue weighted by atomic mass is 35.5. The number of halogens is 2. The summed E-state index contributed by atoms with van der Waals surface area (Å²) in [5.41, 5.74) is 1.91. The average Bonchev–Trinajstić information content (AvgIpc) is 2.05. The average molecular weight is 190 g/mol. The van der Waals surface area contributed by atoms with Gasteiger partial charge in [0.05, 0.1) is 17.0 Å². The molecule has 0 saturated heterocycles. The molecule has 1 aromatic heterocycles. The zero-order valence-corrected chi connectivity index (χ0v) is 7.73. The van der Waals surface area contributed by atoms with Gasteiger partial charge < -0.3 is 0 Å². The van der Waals surface area contributed by atoms with Crippen molar-refractivity contribution in [3.05, 3.63) is 29.6 Å². The highest BCUT2D eigenvalue weighted by molar-refractivity contribution is 6.20. The summed E-state index contributed by atoms with van der Waals surface area (Å²) in [5, 5.41) is 0.0203. The summed E-state index contributed by atoms with van der Waals surface area (Å²) >= 11 is 11.4. The van der Waals surface area contributed by atoms with E-state index in [1.165, 1.54) is 0 Å². The molecule has 0 aliphatic carbocycles. The molecule has 1 atom stereocenters. The molecule has 0 fully saturated rings. The second-order valence-corrected chi connectivity index (χ2v) is 3.25. The number of alkyl halides is 2. The Balaban J connectivity index is 2.83. The van der Waals surface area contributed by atoms with Crippen LogP contribution in [0, 0.1) is 0 Å². The van der Waals surface area contributed by atoms with Crippen molar-refractivity contribution in [1.29, 1.82) is 0 Å².